The molecule has 2 rings (SSSR count). The fraction of sp³-hybridized carbons (Fsp3) is 0.333. The van der Waals surface area contributed by atoms with E-state index in [1.165, 1.54) is 0 Å². The number of carbonyl (C=O) groups excluding carboxylic acids is 2. The van der Waals surface area contributed by atoms with Crippen molar-refractivity contribution in [2.45, 2.75) is 6.17 Å². The zero-order chi connectivity index (χ0) is 7.84. The Bertz CT molecular complexity index is 248. The molecule has 0 spiro atoms. The summed E-state index contributed by atoms with van der Waals surface area (Å²) in [5.74, 6) is -0.507. The molecule has 11 heavy (non-hydrogen) atoms. The van der Waals surface area contributed by atoms with Crippen molar-refractivity contribution in [1.82, 2.24) is 16.0 Å². The number of fused-ring (bicyclic) bond motifs is 1. The predicted molar refractivity (Wildman–Crippen MR) is 36.2 cm³/mol. The number of hydrogen-bond donors (Lipinski definition) is 3. The highest BCUT2D eigenvalue weighted by atomic mass is 16.2. The van der Waals surface area contributed by atoms with Crippen molar-refractivity contribution in [1.29, 1.82) is 0 Å². The van der Waals surface area contributed by atoms with Gasteiger partial charge in [-0.25, -0.2) is 4.79 Å². The van der Waals surface area contributed by atoms with Gasteiger partial charge in [-0.2, -0.15) is 0 Å². The molecule has 3 N–H and O–H groups in total. The molecular formula is C6H7N3O2. The lowest BCUT2D eigenvalue weighted by Crippen LogP contribution is -2.59. The number of carbonyl (C=O) groups is 2. The second kappa shape index (κ2) is 1.98. The maximum absolute atomic E-state index is 11.0. The topological polar surface area (TPSA) is 70.2 Å². The summed E-state index contributed by atoms with van der Waals surface area (Å²) < 4.78 is 0. The third kappa shape index (κ3) is 0.849. The Balaban J connectivity index is 2.21. The zero-order valence-electron chi connectivity index (χ0n) is 5.63. The molecule has 2 heterocycles. The normalized spacial score (nSPS) is 33.8. The van der Waals surface area contributed by atoms with Crippen LogP contribution in [0.5, 0.6) is 0 Å². The van der Waals surface area contributed by atoms with E-state index in [0.29, 0.717) is 0 Å². The third-order valence-corrected chi connectivity index (χ3v) is 1.76. The number of imide groups is 1. The van der Waals surface area contributed by atoms with Crippen molar-refractivity contribution in [3.8, 4) is 0 Å². The monoisotopic (exact) mass is 153 g/mol. The Hall–Kier alpha value is -1.52. The molecule has 0 aromatic rings. The minimum atomic E-state index is -0.438. The van der Waals surface area contributed by atoms with E-state index in [9.17, 15) is 9.59 Å². The predicted octanol–water partition coefficient (Wildman–Crippen LogP) is -1.12. The molecule has 58 valence electrons. The van der Waals surface area contributed by atoms with Crippen LogP contribution in [0.4, 0.5) is 4.79 Å². The summed E-state index contributed by atoms with van der Waals surface area (Å²) in [5, 5.41) is 7.58. The number of nitrogens with one attached hydrogen (secondary N) is 3. The molecule has 3 amide bonds. The number of rotatable bonds is 0. The number of hydrogen-bond acceptors (Lipinski definition) is 3. The van der Waals surface area contributed by atoms with Crippen molar-refractivity contribution in [3.05, 3.63) is 12.3 Å². The lowest BCUT2D eigenvalue weighted by molar-refractivity contribution is -0.124. The SMILES string of the molecule is O=C1NC(=O)C2C=CNC2N1. The minimum Gasteiger partial charge on any atom is -0.371 e. The molecule has 5 heteroatoms. The van der Waals surface area contributed by atoms with Crippen molar-refractivity contribution >= 4 is 11.9 Å². The molecular weight excluding hydrogens is 146 g/mol. The number of amides is 3. The Morgan fingerprint density at radius 2 is 2.18 bits per heavy atom. The molecule has 5 nitrogen and oxygen atoms in total. The van der Waals surface area contributed by atoms with Crippen LogP contribution >= 0.6 is 0 Å². The summed E-state index contributed by atoms with van der Waals surface area (Å²) in [7, 11) is 0. The highest BCUT2D eigenvalue weighted by molar-refractivity contribution is 5.99. The second-order valence-electron chi connectivity index (χ2n) is 2.49. The fourth-order valence-corrected chi connectivity index (χ4v) is 1.22. The van der Waals surface area contributed by atoms with Gasteiger partial charge in [0.05, 0.1) is 5.92 Å². The van der Waals surface area contributed by atoms with Gasteiger partial charge in [-0.1, -0.05) is 6.08 Å². The zero-order valence-corrected chi connectivity index (χ0v) is 5.63. The second-order valence-corrected chi connectivity index (χ2v) is 2.49. The lowest BCUT2D eigenvalue weighted by atomic mass is 10.1. The minimum absolute atomic E-state index is 0.250. The fourth-order valence-electron chi connectivity index (χ4n) is 1.22. The van der Waals surface area contributed by atoms with E-state index < -0.39 is 6.03 Å². The molecule has 2 atom stereocenters. The van der Waals surface area contributed by atoms with E-state index in [0.717, 1.165) is 0 Å². The first-order chi connectivity index (χ1) is 5.27. The lowest BCUT2D eigenvalue weighted by Gasteiger charge is -2.25. The highest BCUT2D eigenvalue weighted by Gasteiger charge is 2.35. The molecule has 0 bridgehead atoms. The van der Waals surface area contributed by atoms with Gasteiger partial charge in [-0.3, -0.25) is 10.1 Å². The molecule has 0 aromatic carbocycles. The summed E-state index contributed by atoms with van der Waals surface area (Å²) in [6.07, 6.45) is 3.14. The molecule has 0 radical (unpaired) electrons. The van der Waals surface area contributed by atoms with Gasteiger partial charge >= 0.3 is 6.03 Å². The van der Waals surface area contributed by atoms with Gasteiger partial charge in [0.1, 0.15) is 6.17 Å². The van der Waals surface area contributed by atoms with Gasteiger partial charge in [0, 0.05) is 0 Å². The van der Waals surface area contributed by atoms with Crippen LogP contribution in [0.15, 0.2) is 12.3 Å². The van der Waals surface area contributed by atoms with E-state index in [2.05, 4.69) is 16.0 Å². The van der Waals surface area contributed by atoms with E-state index in [1.54, 1.807) is 12.3 Å². The van der Waals surface area contributed by atoms with Crippen LogP contribution in [-0.2, 0) is 4.79 Å². The van der Waals surface area contributed by atoms with Crippen molar-refractivity contribution in [2.24, 2.45) is 5.92 Å². The van der Waals surface area contributed by atoms with Crippen LogP contribution in [-0.4, -0.2) is 18.1 Å². The van der Waals surface area contributed by atoms with Gasteiger partial charge in [0.15, 0.2) is 0 Å². The van der Waals surface area contributed by atoms with Crippen LogP contribution in [0.1, 0.15) is 0 Å². The van der Waals surface area contributed by atoms with Gasteiger partial charge in [-0.05, 0) is 6.20 Å². The molecule has 1 fully saturated rings. The third-order valence-electron chi connectivity index (χ3n) is 1.76. The first-order valence-corrected chi connectivity index (χ1v) is 3.31. The van der Waals surface area contributed by atoms with Crippen molar-refractivity contribution in [3.63, 3.8) is 0 Å². The quantitative estimate of drug-likeness (QED) is 0.413. The van der Waals surface area contributed by atoms with Gasteiger partial charge in [-0.15, -0.1) is 0 Å². The Kier molecular flexibility index (Phi) is 1.12. The first-order valence-electron chi connectivity index (χ1n) is 3.31. The average molecular weight is 153 g/mol. The molecule has 0 aliphatic carbocycles. The molecule has 0 aromatic heterocycles. The van der Waals surface area contributed by atoms with Crippen LogP contribution in [0, 0.1) is 5.92 Å². The van der Waals surface area contributed by atoms with Crippen LogP contribution in [0.3, 0.4) is 0 Å². The summed E-state index contributed by atoms with van der Waals surface area (Å²) in [4.78, 5) is 21.7. The summed E-state index contributed by atoms with van der Waals surface area (Å²) in [5.41, 5.74) is 0. The van der Waals surface area contributed by atoms with Crippen molar-refractivity contribution < 1.29 is 9.59 Å². The maximum Gasteiger partial charge on any atom is 0.323 e. The first kappa shape index (κ1) is 6.21. The van der Waals surface area contributed by atoms with Crippen LogP contribution in [0.25, 0.3) is 0 Å². The molecule has 2 unspecified atom stereocenters. The molecule has 2 aliphatic heterocycles. The van der Waals surface area contributed by atoms with Gasteiger partial charge < -0.3 is 10.6 Å². The molecule has 1 saturated heterocycles. The number of urea groups is 1. The Morgan fingerprint density at radius 3 is 3.00 bits per heavy atom. The highest BCUT2D eigenvalue weighted by Crippen LogP contribution is 2.12. The Labute approximate surface area is 62.8 Å². The summed E-state index contributed by atoms with van der Waals surface area (Å²) in [6.45, 7) is 0. The van der Waals surface area contributed by atoms with E-state index in [-0.39, 0.29) is 18.0 Å². The Morgan fingerprint density at radius 1 is 1.36 bits per heavy atom. The average Bonchev–Trinajstić information content (AvgIpc) is 2.34. The maximum atomic E-state index is 11.0. The molecule has 2 aliphatic rings. The van der Waals surface area contributed by atoms with Gasteiger partial charge in [0.25, 0.3) is 0 Å². The van der Waals surface area contributed by atoms with Crippen LogP contribution in [0.2, 0.25) is 0 Å². The van der Waals surface area contributed by atoms with Gasteiger partial charge in [0.2, 0.25) is 5.91 Å². The van der Waals surface area contributed by atoms with E-state index in [4.69, 9.17) is 0 Å². The summed E-state index contributed by atoms with van der Waals surface area (Å²) in [6, 6.07) is -0.438. The van der Waals surface area contributed by atoms with Crippen molar-refractivity contribution in [2.75, 3.05) is 0 Å². The van der Waals surface area contributed by atoms with E-state index in [1.807, 2.05) is 0 Å². The summed E-state index contributed by atoms with van der Waals surface area (Å²) >= 11 is 0. The van der Waals surface area contributed by atoms with E-state index >= 15 is 0 Å². The standard InChI is InChI=1S/C6H7N3O2/c10-5-3-1-2-7-4(3)8-6(11)9-5/h1-4,7H,(H2,8,9,10,11). The molecule has 0 saturated carbocycles. The smallest absolute Gasteiger partial charge is 0.323 e. The largest absolute Gasteiger partial charge is 0.371 e. The van der Waals surface area contributed by atoms with Crippen LogP contribution < -0.4 is 16.0 Å².